The third-order valence-electron chi connectivity index (χ3n) is 3.88. The summed E-state index contributed by atoms with van der Waals surface area (Å²) in [5.41, 5.74) is 2.85. The molecule has 28 heavy (non-hydrogen) atoms. The summed E-state index contributed by atoms with van der Waals surface area (Å²) in [6.07, 6.45) is 1.66. The van der Waals surface area contributed by atoms with Crippen molar-refractivity contribution in [2.24, 2.45) is 0 Å². The van der Waals surface area contributed by atoms with Crippen LogP contribution < -0.4 is 14.8 Å². The number of amides is 1. The summed E-state index contributed by atoms with van der Waals surface area (Å²) >= 11 is 18.6. The van der Waals surface area contributed by atoms with Gasteiger partial charge in [0.2, 0.25) is 0 Å². The Morgan fingerprint density at radius 3 is 2.57 bits per heavy atom. The average Bonchev–Trinajstić information content (AvgIpc) is 2.92. The van der Waals surface area contributed by atoms with Gasteiger partial charge in [-0.2, -0.15) is 0 Å². The highest BCUT2D eigenvalue weighted by molar-refractivity contribution is 8.26. The Morgan fingerprint density at radius 2 is 1.89 bits per heavy atom. The average molecular weight is 454 g/mol. The van der Waals surface area contributed by atoms with Gasteiger partial charge in [-0.05, 0) is 43.7 Å². The molecule has 4 nitrogen and oxygen atoms in total. The van der Waals surface area contributed by atoms with Crippen LogP contribution in [0.2, 0.25) is 10.0 Å². The Hall–Kier alpha value is -1.73. The Morgan fingerprint density at radius 1 is 1.14 bits per heavy atom. The molecule has 1 saturated heterocycles. The number of halogens is 2. The molecule has 0 aromatic heterocycles. The molecule has 8 heteroatoms. The molecular weight excluding hydrogens is 437 g/mol. The third kappa shape index (κ3) is 5.20. The summed E-state index contributed by atoms with van der Waals surface area (Å²) in [5.74, 6) is 0.996. The number of benzene rings is 2. The molecule has 0 bridgehead atoms. The van der Waals surface area contributed by atoms with Crippen molar-refractivity contribution >= 4 is 63.5 Å². The van der Waals surface area contributed by atoms with Crippen molar-refractivity contribution < 1.29 is 14.3 Å². The zero-order valence-corrected chi connectivity index (χ0v) is 18.3. The number of aryl methyl sites for hydroxylation is 2. The van der Waals surface area contributed by atoms with E-state index in [0.29, 0.717) is 37.2 Å². The molecule has 146 valence electrons. The molecule has 1 heterocycles. The maximum absolute atomic E-state index is 11.9. The van der Waals surface area contributed by atoms with Gasteiger partial charge in [0.1, 0.15) is 29.0 Å². The van der Waals surface area contributed by atoms with E-state index in [0.717, 1.165) is 11.3 Å². The first-order chi connectivity index (χ1) is 13.3. The maximum atomic E-state index is 11.9. The zero-order valence-electron chi connectivity index (χ0n) is 15.2. The van der Waals surface area contributed by atoms with Gasteiger partial charge in [0, 0.05) is 10.6 Å². The molecule has 0 saturated carbocycles. The van der Waals surface area contributed by atoms with Gasteiger partial charge in [-0.15, -0.1) is 0 Å². The van der Waals surface area contributed by atoms with Crippen molar-refractivity contribution in [3.8, 4) is 11.5 Å². The molecule has 2 aromatic rings. The summed E-state index contributed by atoms with van der Waals surface area (Å²) in [7, 11) is 0. The van der Waals surface area contributed by atoms with Gasteiger partial charge in [-0.1, -0.05) is 64.9 Å². The molecule has 0 radical (unpaired) electrons. The first kappa shape index (κ1) is 21.0. The SMILES string of the molecule is Cc1ccc(OCCOc2c(Cl)cc(Cl)cc2C=C2SC(=S)NC2=O)c(C)c1. The van der Waals surface area contributed by atoms with Crippen molar-refractivity contribution in [3.05, 3.63) is 62.0 Å². The number of rotatable bonds is 6. The minimum atomic E-state index is -0.254. The van der Waals surface area contributed by atoms with Crippen LogP contribution in [0.4, 0.5) is 0 Å². The fourth-order valence-electron chi connectivity index (χ4n) is 2.66. The number of hydrogen-bond acceptors (Lipinski definition) is 5. The van der Waals surface area contributed by atoms with Gasteiger partial charge in [0.15, 0.2) is 0 Å². The van der Waals surface area contributed by atoms with Crippen molar-refractivity contribution in [1.29, 1.82) is 0 Å². The van der Waals surface area contributed by atoms with Crippen LogP contribution in [0.3, 0.4) is 0 Å². The van der Waals surface area contributed by atoms with E-state index in [9.17, 15) is 4.79 Å². The van der Waals surface area contributed by atoms with E-state index >= 15 is 0 Å². The number of carbonyl (C=O) groups is 1. The van der Waals surface area contributed by atoms with E-state index < -0.39 is 0 Å². The summed E-state index contributed by atoms with van der Waals surface area (Å²) < 4.78 is 12.0. The highest BCUT2D eigenvalue weighted by Gasteiger charge is 2.23. The number of thioether (sulfide) groups is 1. The van der Waals surface area contributed by atoms with Crippen LogP contribution in [0.25, 0.3) is 6.08 Å². The number of ether oxygens (including phenoxy) is 2. The van der Waals surface area contributed by atoms with Gasteiger partial charge < -0.3 is 14.8 Å². The highest BCUT2D eigenvalue weighted by atomic mass is 35.5. The molecule has 0 atom stereocenters. The number of carbonyl (C=O) groups excluding carboxylic acids is 1. The van der Waals surface area contributed by atoms with E-state index in [4.69, 9.17) is 44.9 Å². The van der Waals surface area contributed by atoms with Crippen molar-refractivity contribution in [1.82, 2.24) is 5.32 Å². The minimum Gasteiger partial charge on any atom is -0.490 e. The number of thiocarbonyl (C=S) groups is 1. The summed E-state index contributed by atoms with van der Waals surface area (Å²) in [6, 6.07) is 9.28. The van der Waals surface area contributed by atoms with Crippen molar-refractivity contribution in [3.63, 3.8) is 0 Å². The second-order valence-electron chi connectivity index (χ2n) is 6.12. The zero-order chi connectivity index (χ0) is 20.3. The molecule has 3 rings (SSSR count). The van der Waals surface area contributed by atoms with Crippen LogP contribution in [0.5, 0.6) is 11.5 Å². The lowest BCUT2D eigenvalue weighted by atomic mass is 10.1. The van der Waals surface area contributed by atoms with E-state index in [1.807, 2.05) is 26.0 Å². The quantitative estimate of drug-likeness (QED) is 0.352. The molecule has 2 aromatic carbocycles. The maximum Gasteiger partial charge on any atom is 0.263 e. The predicted octanol–water partition coefficient (Wildman–Crippen LogP) is 5.56. The first-order valence-corrected chi connectivity index (χ1v) is 10.4. The largest absolute Gasteiger partial charge is 0.490 e. The topological polar surface area (TPSA) is 47.6 Å². The highest BCUT2D eigenvalue weighted by Crippen LogP contribution is 2.36. The molecule has 0 unspecified atom stereocenters. The molecule has 1 N–H and O–H groups in total. The Labute approximate surface area is 183 Å². The molecule has 1 fully saturated rings. The predicted molar refractivity (Wildman–Crippen MR) is 120 cm³/mol. The van der Waals surface area contributed by atoms with E-state index in [1.54, 1.807) is 18.2 Å². The standard InChI is InChI=1S/C20H17Cl2NO3S2/c1-11-3-4-16(12(2)7-11)25-5-6-26-18-13(8-14(21)10-15(18)22)9-17-19(24)23-20(27)28-17/h3-4,7-10H,5-6H2,1-2H3,(H,23,24,27). The number of nitrogens with one attached hydrogen (secondary N) is 1. The Balaban J connectivity index is 1.72. The third-order valence-corrected chi connectivity index (χ3v) is 5.55. The lowest BCUT2D eigenvalue weighted by Crippen LogP contribution is -2.17. The van der Waals surface area contributed by atoms with Crippen LogP contribution in [-0.2, 0) is 4.79 Å². The fraction of sp³-hybridized carbons (Fsp3) is 0.200. The molecule has 0 aliphatic carbocycles. The van der Waals surface area contributed by atoms with Gasteiger partial charge in [0.05, 0.1) is 9.93 Å². The van der Waals surface area contributed by atoms with Gasteiger partial charge >= 0.3 is 0 Å². The summed E-state index contributed by atoms with van der Waals surface area (Å²) in [6.45, 7) is 4.66. The van der Waals surface area contributed by atoms with E-state index in [1.165, 1.54) is 17.3 Å². The number of hydrogen-bond donors (Lipinski definition) is 1. The van der Waals surface area contributed by atoms with E-state index in [2.05, 4.69) is 11.4 Å². The molecule has 0 spiro atoms. The van der Waals surface area contributed by atoms with Gasteiger partial charge in [0.25, 0.3) is 5.91 Å². The smallest absolute Gasteiger partial charge is 0.263 e. The summed E-state index contributed by atoms with van der Waals surface area (Å²) in [4.78, 5) is 12.4. The van der Waals surface area contributed by atoms with Crippen LogP contribution in [0.1, 0.15) is 16.7 Å². The van der Waals surface area contributed by atoms with Gasteiger partial charge in [-0.3, -0.25) is 4.79 Å². The fourth-order valence-corrected chi connectivity index (χ4v) is 4.26. The normalized spacial score (nSPS) is 15.1. The lowest BCUT2D eigenvalue weighted by Gasteiger charge is -2.14. The lowest BCUT2D eigenvalue weighted by molar-refractivity contribution is -0.115. The Bertz CT molecular complexity index is 976. The van der Waals surface area contributed by atoms with Crippen LogP contribution in [-0.4, -0.2) is 23.4 Å². The second-order valence-corrected chi connectivity index (χ2v) is 8.69. The molecule has 1 aliphatic rings. The van der Waals surface area contributed by atoms with Crippen molar-refractivity contribution in [2.45, 2.75) is 13.8 Å². The molecule has 1 amide bonds. The van der Waals surface area contributed by atoms with Gasteiger partial charge in [-0.25, -0.2) is 0 Å². The summed E-state index contributed by atoms with van der Waals surface area (Å²) in [5, 5.41) is 3.38. The minimum absolute atomic E-state index is 0.254. The van der Waals surface area contributed by atoms with Crippen LogP contribution in [0.15, 0.2) is 35.2 Å². The van der Waals surface area contributed by atoms with Crippen LogP contribution in [0, 0.1) is 13.8 Å². The molecule has 1 aliphatic heterocycles. The van der Waals surface area contributed by atoms with E-state index in [-0.39, 0.29) is 12.5 Å². The molecular formula is C20H17Cl2NO3S2. The second kappa shape index (κ2) is 9.18. The monoisotopic (exact) mass is 453 g/mol. The Kier molecular flexibility index (Phi) is 6.88. The first-order valence-electron chi connectivity index (χ1n) is 8.40. The van der Waals surface area contributed by atoms with Crippen LogP contribution >= 0.6 is 47.2 Å². The van der Waals surface area contributed by atoms with Crippen molar-refractivity contribution in [2.75, 3.05) is 13.2 Å².